The number of benzene rings is 1. The van der Waals surface area contributed by atoms with Crippen molar-refractivity contribution in [2.24, 2.45) is 5.73 Å². The Morgan fingerprint density at radius 3 is 2.50 bits per heavy atom. The van der Waals surface area contributed by atoms with Crippen LogP contribution in [0.5, 0.6) is 0 Å². The fourth-order valence-corrected chi connectivity index (χ4v) is 2.51. The van der Waals surface area contributed by atoms with Crippen molar-refractivity contribution in [1.82, 2.24) is 0 Å². The van der Waals surface area contributed by atoms with Gasteiger partial charge in [0.1, 0.15) is 0 Å². The summed E-state index contributed by atoms with van der Waals surface area (Å²) in [6, 6.07) is 7.38. The minimum absolute atomic E-state index is 0.0110. The molecule has 0 saturated carbocycles. The van der Waals surface area contributed by atoms with Gasteiger partial charge in [-0.05, 0) is 24.6 Å². The van der Waals surface area contributed by atoms with Gasteiger partial charge in [0.2, 0.25) is 0 Å². The van der Waals surface area contributed by atoms with E-state index in [1.807, 2.05) is 19.1 Å². The summed E-state index contributed by atoms with van der Waals surface area (Å²) < 4.78 is 11.5. The van der Waals surface area contributed by atoms with Crippen molar-refractivity contribution < 1.29 is 4.21 Å². The van der Waals surface area contributed by atoms with E-state index in [1.54, 1.807) is 12.1 Å². The van der Waals surface area contributed by atoms with Gasteiger partial charge in [0.15, 0.2) is 0 Å². The van der Waals surface area contributed by atoms with E-state index in [9.17, 15) is 4.21 Å². The van der Waals surface area contributed by atoms with Crippen molar-refractivity contribution >= 4 is 22.4 Å². The Morgan fingerprint density at radius 1 is 1.43 bits per heavy atom. The van der Waals surface area contributed by atoms with Crippen LogP contribution < -0.4 is 5.73 Å². The quantitative estimate of drug-likeness (QED) is 0.861. The van der Waals surface area contributed by atoms with Gasteiger partial charge in [0.05, 0.1) is 0 Å². The van der Waals surface area contributed by atoms with Gasteiger partial charge in [0, 0.05) is 33.4 Å². The fraction of sp³-hybridized carbons (Fsp3) is 0.400. The van der Waals surface area contributed by atoms with Crippen molar-refractivity contribution in [3.05, 3.63) is 34.9 Å². The minimum atomic E-state index is -0.876. The number of nitrogens with two attached hydrogens (primary N) is 1. The number of halogens is 1. The zero-order valence-electron chi connectivity index (χ0n) is 8.07. The maximum Gasteiger partial charge on any atom is 0.0486 e. The molecule has 0 bridgehead atoms. The lowest BCUT2D eigenvalue weighted by atomic mass is 10.2. The molecule has 0 fully saturated rings. The van der Waals surface area contributed by atoms with Crippen LogP contribution >= 0.6 is 11.6 Å². The van der Waals surface area contributed by atoms with Crippen LogP contribution in [-0.2, 0) is 16.6 Å². The second-order valence-corrected chi connectivity index (χ2v) is 5.29. The van der Waals surface area contributed by atoms with Crippen LogP contribution in [0.25, 0.3) is 0 Å². The van der Waals surface area contributed by atoms with E-state index in [1.165, 1.54) is 0 Å². The molecule has 0 spiro atoms. The van der Waals surface area contributed by atoms with Gasteiger partial charge < -0.3 is 5.73 Å². The van der Waals surface area contributed by atoms with Crippen LogP contribution in [0.4, 0.5) is 0 Å². The topological polar surface area (TPSA) is 43.1 Å². The molecule has 0 aliphatic rings. The molecule has 1 aromatic rings. The number of hydrogen-bond donors (Lipinski definition) is 1. The average molecular weight is 232 g/mol. The van der Waals surface area contributed by atoms with Crippen LogP contribution in [0.15, 0.2) is 24.3 Å². The molecule has 1 rings (SSSR count). The molecule has 14 heavy (non-hydrogen) atoms. The third-order valence-electron chi connectivity index (χ3n) is 1.69. The first kappa shape index (κ1) is 11.7. The van der Waals surface area contributed by atoms with Crippen LogP contribution in [0.2, 0.25) is 5.02 Å². The molecule has 0 heterocycles. The summed E-state index contributed by atoms with van der Waals surface area (Å²) in [5.74, 6) is 1.10. The first-order valence-corrected chi connectivity index (χ1v) is 6.29. The number of hydrogen-bond acceptors (Lipinski definition) is 2. The Balaban J connectivity index is 2.52. The Morgan fingerprint density at radius 2 is 2.00 bits per heavy atom. The zero-order valence-corrected chi connectivity index (χ0v) is 9.65. The molecule has 0 saturated heterocycles. The molecule has 0 aliphatic heterocycles. The Hall–Kier alpha value is -0.380. The van der Waals surface area contributed by atoms with Crippen molar-refractivity contribution in [3.8, 4) is 0 Å². The lowest BCUT2D eigenvalue weighted by Crippen LogP contribution is -2.23. The normalized spacial score (nSPS) is 15.1. The summed E-state index contributed by atoms with van der Waals surface area (Å²) in [7, 11) is -0.876. The van der Waals surface area contributed by atoms with E-state index in [4.69, 9.17) is 17.3 Å². The summed E-state index contributed by atoms with van der Waals surface area (Å²) >= 11 is 5.74. The van der Waals surface area contributed by atoms with Crippen molar-refractivity contribution in [3.63, 3.8) is 0 Å². The highest BCUT2D eigenvalue weighted by Crippen LogP contribution is 2.11. The molecule has 2 atom stereocenters. The molecule has 0 amide bonds. The van der Waals surface area contributed by atoms with Crippen LogP contribution in [0.1, 0.15) is 12.5 Å². The van der Waals surface area contributed by atoms with E-state index >= 15 is 0 Å². The molecule has 4 heteroatoms. The molecule has 2 N–H and O–H groups in total. The maximum atomic E-state index is 11.5. The van der Waals surface area contributed by atoms with Gasteiger partial charge in [-0.1, -0.05) is 23.7 Å². The van der Waals surface area contributed by atoms with Crippen molar-refractivity contribution in [2.45, 2.75) is 18.7 Å². The predicted molar refractivity (Wildman–Crippen MR) is 61.8 cm³/mol. The number of rotatable bonds is 4. The van der Waals surface area contributed by atoms with Crippen LogP contribution in [0.3, 0.4) is 0 Å². The van der Waals surface area contributed by atoms with E-state index < -0.39 is 10.8 Å². The molecular weight excluding hydrogens is 218 g/mol. The summed E-state index contributed by atoms with van der Waals surface area (Å²) in [4.78, 5) is 0. The van der Waals surface area contributed by atoms with Gasteiger partial charge in [0.25, 0.3) is 0 Å². The van der Waals surface area contributed by atoms with E-state index in [0.29, 0.717) is 16.5 Å². The average Bonchev–Trinajstić information content (AvgIpc) is 2.07. The molecule has 0 aliphatic carbocycles. The summed E-state index contributed by atoms with van der Waals surface area (Å²) in [5.41, 5.74) is 6.59. The Labute approximate surface area is 91.9 Å². The third kappa shape index (κ3) is 4.22. The molecule has 2 nitrogen and oxygen atoms in total. The summed E-state index contributed by atoms with van der Waals surface area (Å²) in [6.07, 6.45) is 0. The minimum Gasteiger partial charge on any atom is -0.327 e. The first-order valence-electron chi connectivity index (χ1n) is 4.43. The molecule has 2 unspecified atom stereocenters. The highest BCUT2D eigenvalue weighted by atomic mass is 35.5. The second-order valence-electron chi connectivity index (χ2n) is 3.35. The zero-order chi connectivity index (χ0) is 10.6. The van der Waals surface area contributed by atoms with Gasteiger partial charge >= 0.3 is 0 Å². The molecule has 0 radical (unpaired) electrons. The van der Waals surface area contributed by atoms with Crippen LogP contribution in [-0.4, -0.2) is 16.0 Å². The summed E-state index contributed by atoms with van der Waals surface area (Å²) in [5, 5.41) is 0.701. The lowest BCUT2D eigenvalue weighted by Gasteiger charge is -2.05. The molecular formula is C10H14ClNOS. The van der Waals surface area contributed by atoms with Gasteiger partial charge in [-0.15, -0.1) is 0 Å². The largest absolute Gasteiger partial charge is 0.327 e. The van der Waals surface area contributed by atoms with Crippen LogP contribution in [0, 0.1) is 0 Å². The van der Waals surface area contributed by atoms with E-state index in [2.05, 4.69) is 0 Å². The third-order valence-corrected chi connectivity index (χ3v) is 3.49. The van der Waals surface area contributed by atoms with Gasteiger partial charge in [-0.25, -0.2) is 0 Å². The highest BCUT2D eigenvalue weighted by molar-refractivity contribution is 7.84. The van der Waals surface area contributed by atoms with Crippen molar-refractivity contribution in [2.75, 3.05) is 5.75 Å². The SMILES string of the molecule is CC(N)CS(=O)Cc1ccc(Cl)cc1. The molecule has 78 valence electrons. The monoisotopic (exact) mass is 231 g/mol. The Kier molecular flexibility index (Phi) is 4.58. The van der Waals surface area contributed by atoms with E-state index in [-0.39, 0.29) is 6.04 Å². The van der Waals surface area contributed by atoms with E-state index in [0.717, 1.165) is 5.56 Å². The van der Waals surface area contributed by atoms with Gasteiger partial charge in [-0.2, -0.15) is 0 Å². The maximum absolute atomic E-state index is 11.5. The molecule has 0 aromatic heterocycles. The van der Waals surface area contributed by atoms with Crippen molar-refractivity contribution in [1.29, 1.82) is 0 Å². The first-order chi connectivity index (χ1) is 6.58. The fourth-order valence-electron chi connectivity index (χ4n) is 1.12. The lowest BCUT2D eigenvalue weighted by molar-refractivity contribution is 0.676. The summed E-state index contributed by atoms with van der Waals surface area (Å²) in [6.45, 7) is 1.86. The standard InChI is InChI=1S/C10H14ClNOS/c1-8(12)6-14(13)7-9-2-4-10(11)5-3-9/h2-5,8H,6-7,12H2,1H3. The second kappa shape index (κ2) is 5.49. The highest BCUT2D eigenvalue weighted by Gasteiger charge is 2.04. The van der Waals surface area contributed by atoms with Gasteiger partial charge in [-0.3, -0.25) is 4.21 Å². The predicted octanol–water partition coefficient (Wildman–Crippen LogP) is 1.94. The Bertz CT molecular complexity index is 310. The smallest absolute Gasteiger partial charge is 0.0486 e. The molecule has 1 aromatic carbocycles.